The summed E-state index contributed by atoms with van der Waals surface area (Å²) in [5.41, 5.74) is 2.79. The average Bonchev–Trinajstić information content (AvgIpc) is 3.01. The van der Waals surface area contributed by atoms with Crippen LogP contribution in [0.5, 0.6) is 5.75 Å². The summed E-state index contributed by atoms with van der Waals surface area (Å²) in [7, 11) is -2.47. The summed E-state index contributed by atoms with van der Waals surface area (Å²) in [4.78, 5) is 18.1. The van der Waals surface area contributed by atoms with Crippen molar-refractivity contribution >= 4 is 21.6 Å². The zero-order valence-electron chi connectivity index (χ0n) is 22.5. The topological polar surface area (TPSA) is 70.2 Å². The van der Waals surface area contributed by atoms with Crippen molar-refractivity contribution < 1.29 is 17.9 Å². The third kappa shape index (κ3) is 6.19. The van der Waals surface area contributed by atoms with Crippen LogP contribution in [-0.2, 0) is 23.1 Å². The number of ether oxygens (including phenoxy) is 1. The molecule has 1 amide bonds. The molecule has 4 aromatic rings. The second-order valence-electron chi connectivity index (χ2n) is 9.74. The number of carbonyl (C=O) groups excluding carboxylic acids is 1. The molecule has 0 unspecified atom stereocenters. The number of anilines is 1. The van der Waals surface area contributed by atoms with Crippen LogP contribution in [0.1, 0.15) is 21.5 Å². The lowest BCUT2D eigenvalue weighted by molar-refractivity contribution is 0.0629. The number of methoxy groups -OCH3 is 1. The molecule has 206 valence electrons. The third-order valence-corrected chi connectivity index (χ3v) is 8.90. The van der Waals surface area contributed by atoms with Crippen LogP contribution in [0, 0.1) is 0 Å². The van der Waals surface area contributed by atoms with E-state index in [4.69, 9.17) is 4.74 Å². The first-order chi connectivity index (χ1) is 19.5. The van der Waals surface area contributed by atoms with E-state index in [-0.39, 0.29) is 17.3 Å². The summed E-state index contributed by atoms with van der Waals surface area (Å²) in [5.74, 6) is 0.397. The third-order valence-electron chi connectivity index (χ3n) is 7.13. The highest BCUT2D eigenvalue weighted by atomic mass is 32.2. The largest absolute Gasteiger partial charge is 0.497 e. The van der Waals surface area contributed by atoms with E-state index in [2.05, 4.69) is 17.0 Å². The molecule has 5 rings (SSSR count). The molecule has 8 heteroatoms. The van der Waals surface area contributed by atoms with Gasteiger partial charge in [-0.25, -0.2) is 8.42 Å². The lowest BCUT2D eigenvalue weighted by Gasteiger charge is -2.35. The Kier molecular flexibility index (Phi) is 8.48. The number of sulfonamides is 1. The lowest BCUT2D eigenvalue weighted by Crippen LogP contribution is -2.48. The van der Waals surface area contributed by atoms with Gasteiger partial charge in [-0.1, -0.05) is 72.8 Å². The highest BCUT2D eigenvalue weighted by Crippen LogP contribution is 2.31. The molecule has 0 spiro atoms. The van der Waals surface area contributed by atoms with Crippen molar-refractivity contribution in [3.8, 4) is 5.75 Å². The quantitative estimate of drug-likeness (QED) is 0.289. The van der Waals surface area contributed by atoms with Crippen LogP contribution in [0.2, 0.25) is 0 Å². The number of hydrogen-bond acceptors (Lipinski definition) is 5. The molecule has 1 fully saturated rings. The molecule has 0 radical (unpaired) electrons. The number of piperazine rings is 1. The van der Waals surface area contributed by atoms with Gasteiger partial charge in [0.2, 0.25) is 0 Å². The van der Waals surface area contributed by atoms with Crippen LogP contribution in [0.3, 0.4) is 0 Å². The summed E-state index contributed by atoms with van der Waals surface area (Å²) in [6, 6.07) is 33.0. The van der Waals surface area contributed by atoms with Gasteiger partial charge in [0, 0.05) is 32.7 Å². The Bertz CT molecular complexity index is 1520. The maximum Gasteiger partial charge on any atom is 0.264 e. The number of para-hydroxylation sites is 1. The van der Waals surface area contributed by atoms with Crippen LogP contribution in [0.4, 0.5) is 5.69 Å². The molecule has 1 aliphatic heterocycles. The first kappa shape index (κ1) is 27.4. The standard InChI is InChI=1S/C32H33N3O4S/c1-39-28-16-18-29(19-17-28)40(37,38)35(25-27-12-6-3-7-13-27)31-15-9-8-14-30(31)32(36)34-22-20-33(21-23-34)24-26-10-4-2-5-11-26/h2-19H,20-25H2,1H3. The van der Waals surface area contributed by atoms with Gasteiger partial charge >= 0.3 is 0 Å². The van der Waals surface area contributed by atoms with E-state index in [0.29, 0.717) is 30.1 Å². The van der Waals surface area contributed by atoms with E-state index in [0.717, 1.165) is 25.2 Å². The molecule has 0 N–H and O–H groups in total. The van der Waals surface area contributed by atoms with Gasteiger partial charge in [-0.3, -0.25) is 14.0 Å². The van der Waals surface area contributed by atoms with Gasteiger partial charge in [0.1, 0.15) is 5.75 Å². The molecule has 0 aromatic heterocycles. The summed E-state index contributed by atoms with van der Waals surface area (Å²) in [6.07, 6.45) is 0. The molecule has 7 nitrogen and oxygen atoms in total. The van der Waals surface area contributed by atoms with E-state index < -0.39 is 10.0 Å². The van der Waals surface area contributed by atoms with Crippen LogP contribution in [-0.4, -0.2) is 57.4 Å². The lowest BCUT2D eigenvalue weighted by atomic mass is 10.1. The van der Waals surface area contributed by atoms with Crippen molar-refractivity contribution in [2.45, 2.75) is 18.0 Å². The Balaban J connectivity index is 1.42. The number of carbonyl (C=O) groups is 1. The van der Waals surface area contributed by atoms with Gasteiger partial charge in [-0.2, -0.15) is 0 Å². The van der Waals surface area contributed by atoms with Gasteiger partial charge < -0.3 is 9.64 Å². The van der Waals surface area contributed by atoms with E-state index in [9.17, 15) is 13.2 Å². The number of nitrogens with zero attached hydrogens (tertiary/aromatic N) is 3. The highest BCUT2D eigenvalue weighted by molar-refractivity contribution is 7.92. The molecule has 1 saturated heterocycles. The molecular weight excluding hydrogens is 522 g/mol. The number of hydrogen-bond donors (Lipinski definition) is 0. The smallest absolute Gasteiger partial charge is 0.264 e. The van der Waals surface area contributed by atoms with Crippen molar-refractivity contribution in [1.29, 1.82) is 0 Å². The predicted molar refractivity (Wildman–Crippen MR) is 157 cm³/mol. The number of benzene rings is 4. The second-order valence-corrected chi connectivity index (χ2v) is 11.6. The second kappa shape index (κ2) is 12.4. The summed E-state index contributed by atoms with van der Waals surface area (Å²) < 4.78 is 34.7. The Morgan fingerprint density at radius 2 is 1.32 bits per heavy atom. The van der Waals surface area contributed by atoms with Gasteiger partial charge in [-0.15, -0.1) is 0 Å². The number of rotatable bonds is 9. The molecule has 1 aliphatic rings. The minimum atomic E-state index is -4.01. The summed E-state index contributed by atoms with van der Waals surface area (Å²) in [5, 5.41) is 0. The van der Waals surface area contributed by atoms with Gasteiger partial charge in [-0.05, 0) is 47.5 Å². The maximum atomic E-state index is 14.1. The van der Waals surface area contributed by atoms with Gasteiger partial charge in [0.25, 0.3) is 15.9 Å². The van der Waals surface area contributed by atoms with Crippen LogP contribution >= 0.6 is 0 Å². The van der Waals surface area contributed by atoms with E-state index in [1.165, 1.54) is 29.1 Å². The predicted octanol–water partition coefficient (Wildman–Crippen LogP) is 5.05. The van der Waals surface area contributed by atoms with E-state index in [1.54, 1.807) is 36.4 Å². The van der Waals surface area contributed by atoms with Gasteiger partial charge in [0.05, 0.1) is 29.8 Å². The zero-order valence-corrected chi connectivity index (χ0v) is 23.3. The van der Waals surface area contributed by atoms with Crippen molar-refractivity contribution in [1.82, 2.24) is 9.80 Å². The van der Waals surface area contributed by atoms with E-state index in [1.807, 2.05) is 53.4 Å². The zero-order chi connectivity index (χ0) is 28.0. The van der Waals surface area contributed by atoms with E-state index >= 15 is 0 Å². The summed E-state index contributed by atoms with van der Waals surface area (Å²) in [6.45, 7) is 3.57. The minimum Gasteiger partial charge on any atom is -0.497 e. The molecule has 4 aromatic carbocycles. The Morgan fingerprint density at radius 3 is 1.95 bits per heavy atom. The van der Waals surface area contributed by atoms with Crippen molar-refractivity contribution in [2.24, 2.45) is 0 Å². The molecular formula is C32H33N3O4S. The van der Waals surface area contributed by atoms with Crippen molar-refractivity contribution in [2.75, 3.05) is 37.6 Å². The molecule has 0 bridgehead atoms. The fraction of sp³-hybridized carbons (Fsp3) is 0.219. The molecule has 0 atom stereocenters. The van der Waals surface area contributed by atoms with Crippen LogP contribution in [0.25, 0.3) is 0 Å². The molecule has 0 saturated carbocycles. The Labute approximate surface area is 236 Å². The van der Waals surface area contributed by atoms with Crippen molar-refractivity contribution in [3.05, 3.63) is 126 Å². The first-order valence-electron chi connectivity index (χ1n) is 13.3. The molecule has 1 heterocycles. The van der Waals surface area contributed by atoms with Crippen LogP contribution in [0.15, 0.2) is 114 Å². The first-order valence-corrected chi connectivity index (χ1v) is 14.7. The average molecular weight is 556 g/mol. The van der Waals surface area contributed by atoms with Gasteiger partial charge in [0.15, 0.2) is 0 Å². The highest BCUT2D eigenvalue weighted by Gasteiger charge is 2.31. The normalized spacial score (nSPS) is 14.1. The minimum absolute atomic E-state index is 0.0876. The maximum absolute atomic E-state index is 14.1. The fourth-order valence-electron chi connectivity index (χ4n) is 4.92. The Hall–Kier alpha value is -4.14. The van der Waals surface area contributed by atoms with Crippen molar-refractivity contribution in [3.63, 3.8) is 0 Å². The Morgan fingerprint density at radius 1 is 0.750 bits per heavy atom. The monoisotopic (exact) mass is 555 g/mol. The molecule has 0 aliphatic carbocycles. The van der Waals surface area contributed by atoms with Crippen LogP contribution < -0.4 is 9.04 Å². The fourth-order valence-corrected chi connectivity index (χ4v) is 6.39. The SMILES string of the molecule is COc1ccc(S(=O)(=O)N(Cc2ccccc2)c2ccccc2C(=O)N2CCN(Cc3ccccc3)CC2)cc1. The summed E-state index contributed by atoms with van der Waals surface area (Å²) >= 11 is 0. The number of amides is 1. The molecule has 40 heavy (non-hydrogen) atoms.